The average Bonchev–Trinajstić information content (AvgIpc) is 2.52. The van der Waals surface area contributed by atoms with E-state index in [2.05, 4.69) is 0 Å². The summed E-state index contributed by atoms with van der Waals surface area (Å²) in [4.78, 5) is 0. The van der Waals surface area contributed by atoms with Crippen molar-refractivity contribution in [2.24, 2.45) is 0 Å². The number of rotatable bonds is 8. The van der Waals surface area contributed by atoms with Gasteiger partial charge in [0.15, 0.2) is 0 Å². The molecule has 0 saturated carbocycles. The van der Waals surface area contributed by atoms with Gasteiger partial charge in [-0.2, -0.15) is 83.4 Å². The average molecular weight is 629 g/mol. The summed E-state index contributed by atoms with van der Waals surface area (Å²) in [5.74, 6) is -69.5. The third-order valence-corrected chi connectivity index (χ3v) is 3.41. The summed E-state index contributed by atoms with van der Waals surface area (Å²) in [6, 6.07) is 0. The summed E-state index contributed by atoms with van der Waals surface area (Å²) in [7, 11) is 0. The molecule has 0 aromatic carbocycles. The van der Waals surface area contributed by atoms with Crippen LogP contribution in [0.4, 0.5) is 92.2 Å². The van der Waals surface area contributed by atoms with Gasteiger partial charge in [0.1, 0.15) is 0 Å². The van der Waals surface area contributed by atoms with E-state index in [1.807, 2.05) is 0 Å². The van der Waals surface area contributed by atoms with Crippen molar-refractivity contribution < 1.29 is 92.2 Å². The summed E-state index contributed by atoms with van der Waals surface area (Å²) < 4.78 is 264. The SMILES string of the molecule is Cl.Cl.Cl.FC(F)C(F)(F)C(F)(F)C(F)(F)C(F)(F)C(F)(F)C(F)(F)C(F)(F)C(F)(F)C(F)(F)F. The zero-order valence-electron chi connectivity index (χ0n) is 14.2. The largest absolute Gasteiger partial charge is 0.460 e. The van der Waals surface area contributed by atoms with Crippen molar-refractivity contribution in [2.45, 2.75) is 60.0 Å². The normalized spacial score (nSPS) is 15.4. The molecule has 0 heterocycles. The molecule has 0 atom stereocenters. The fraction of sp³-hybridized carbons (Fsp3) is 1.00. The van der Waals surface area contributed by atoms with Crippen molar-refractivity contribution in [1.82, 2.24) is 0 Å². The Hall–Kier alpha value is -0.600. The van der Waals surface area contributed by atoms with E-state index in [9.17, 15) is 92.2 Å². The van der Waals surface area contributed by atoms with Gasteiger partial charge < -0.3 is 0 Å². The zero-order valence-corrected chi connectivity index (χ0v) is 16.7. The van der Waals surface area contributed by atoms with Crippen molar-refractivity contribution in [3.05, 3.63) is 0 Å². The van der Waals surface area contributed by atoms with E-state index in [0.29, 0.717) is 0 Å². The van der Waals surface area contributed by atoms with Crippen LogP contribution in [0, 0.1) is 0 Å². The summed E-state index contributed by atoms with van der Waals surface area (Å²) in [6.07, 6.45) is -14.1. The van der Waals surface area contributed by atoms with E-state index in [0.717, 1.165) is 0 Å². The molecular formula is C10H4Cl3F21. The molecular weight excluding hydrogens is 625 g/mol. The molecule has 0 bridgehead atoms. The molecule has 0 aliphatic carbocycles. The second-order valence-electron chi connectivity index (χ2n) is 5.44. The highest BCUT2D eigenvalue weighted by atomic mass is 35.5. The van der Waals surface area contributed by atoms with E-state index >= 15 is 0 Å². The van der Waals surface area contributed by atoms with Crippen LogP contribution in [0.5, 0.6) is 0 Å². The predicted molar refractivity (Wildman–Crippen MR) is 73.4 cm³/mol. The first kappa shape index (κ1) is 40.6. The summed E-state index contributed by atoms with van der Waals surface area (Å²) in [6.45, 7) is 0. The first-order valence-corrected chi connectivity index (χ1v) is 6.32. The van der Waals surface area contributed by atoms with Crippen molar-refractivity contribution in [3.63, 3.8) is 0 Å². The highest BCUT2D eigenvalue weighted by molar-refractivity contribution is 5.86. The Morgan fingerprint density at radius 1 is 0.294 bits per heavy atom. The molecule has 0 aromatic heterocycles. The highest BCUT2D eigenvalue weighted by Crippen LogP contribution is 2.65. The standard InChI is InChI=1S/C10HF21.3ClH/c11-1(12)2(13,14)3(15,16)4(17,18)5(19,20)6(21,22)7(23,24)8(25,26)9(27,28)10(29,30)31;;;/h1H;3*1H. The maximum atomic E-state index is 13.1. The van der Waals surface area contributed by atoms with Crippen LogP contribution >= 0.6 is 37.2 Å². The van der Waals surface area contributed by atoms with Gasteiger partial charge in [0.2, 0.25) is 0 Å². The Kier molecular flexibility index (Phi) is 12.0. The van der Waals surface area contributed by atoms with Gasteiger partial charge in [-0.3, -0.25) is 0 Å². The van der Waals surface area contributed by atoms with Crippen LogP contribution in [0.15, 0.2) is 0 Å². The Morgan fingerprint density at radius 3 is 0.647 bits per heavy atom. The first-order chi connectivity index (χ1) is 12.9. The smallest absolute Gasteiger partial charge is 0.203 e. The predicted octanol–water partition coefficient (Wildman–Crippen LogP) is 8.16. The minimum atomic E-state index is -9.11. The topological polar surface area (TPSA) is 0 Å². The van der Waals surface area contributed by atoms with Crippen LogP contribution in [0.2, 0.25) is 0 Å². The number of hydrogen-bond donors (Lipinski definition) is 0. The van der Waals surface area contributed by atoms with Gasteiger partial charge in [0.25, 0.3) is 0 Å². The van der Waals surface area contributed by atoms with E-state index in [1.165, 1.54) is 0 Å². The fourth-order valence-corrected chi connectivity index (χ4v) is 1.51. The van der Waals surface area contributed by atoms with Gasteiger partial charge >= 0.3 is 60.0 Å². The molecule has 34 heavy (non-hydrogen) atoms. The van der Waals surface area contributed by atoms with Crippen molar-refractivity contribution in [1.29, 1.82) is 0 Å². The maximum Gasteiger partial charge on any atom is 0.460 e. The lowest BCUT2D eigenvalue weighted by molar-refractivity contribution is -0.471. The molecule has 0 nitrogen and oxygen atoms in total. The lowest BCUT2D eigenvalue weighted by Gasteiger charge is -2.43. The molecule has 0 aliphatic heterocycles. The Labute approximate surface area is 190 Å². The quantitative estimate of drug-likeness (QED) is 0.238. The second-order valence-corrected chi connectivity index (χ2v) is 5.44. The van der Waals surface area contributed by atoms with Crippen LogP contribution in [0.25, 0.3) is 0 Å². The molecule has 0 amide bonds. The highest BCUT2D eigenvalue weighted by Gasteiger charge is 2.97. The van der Waals surface area contributed by atoms with E-state index < -0.39 is 60.0 Å². The van der Waals surface area contributed by atoms with Crippen LogP contribution in [-0.2, 0) is 0 Å². The third-order valence-electron chi connectivity index (χ3n) is 3.41. The molecule has 212 valence electrons. The molecule has 0 spiro atoms. The van der Waals surface area contributed by atoms with E-state index in [1.54, 1.807) is 0 Å². The summed E-state index contributed by atoms with van der Waals surface area (Å²) >= 11 is 0. The van der Waals surface area contributed by atoms with Crippen molar-refractivity contribution >= 4 is 37.2 Å². The number of hydrogen-bond acceptors (Lipinski definition) is 0. The molecule has 24 heteroatoms. The van der Waals surface area contributed by atoms with Gasteiger partial charge in [0, 0.05) is 0 Å². The summed E-state index contributed by atoms with van der Waals surface area (Å²) in [5.41, 5.74) is 0. The van der Waals surface area contributed by atoms with Gasteiger partial charge in [-0.25, -0.2) is 8.78 Å². The molecule has 0 rings (SSSR count). The van der Waals surface area contributed by atoms with Gasteiger partial charge in [-0.15, -0.1) is 37.2 Å². The monoisotopic (exact) mass is 628 g/mol. The third kappa shape index (κ3) is 4.84. The van der Waals surface area contributed by atoms with Crippen LogP contribution in [-0.4, -0.2) is 60.0 Å². The molecule has 0 saturated heterocycles. The molecule has 0 aliphatic rings. The molecule has 0 fully saturated rings. The van der Waals surface area contributed by atoms with Crippen molar-refractivity contribution in [2.75, 3.05) is 0 Å². The van der Waals surface area contributed by atoms with Gasteiger partial charge in [-0.1, -0.05) is 0 Å². The minimum absolute atomic E-state index is 0. The number of alkyl halides is 21. The maximum absolute atomic E-state index is 13.1. The van der Waals surface area contributed by atoms with Gasteiger partial charge in [0.05, 0.1) is 0 Å². The second kappa shape index (κ2) is 10.0. The van der Waals surface area contributed by atoms with E-state index in [4.69, 9.17) is 0 Å². The molecule has 0 radical (unpaired) electrons. The zero-order chi connectivity index (χ0) is 26.1. The van der Waals surface area contributed by atoms with Crippen molar-refractivity contribution in [3.8, 4) is 0 Å². The minimum Gasteiger partial charge on any atom is -0.203 e. The Bertz CT molecular complexity index is 664. The van der Waals surface area contributed by atoms with Crippen LogP contribution in [0.1, 0.15) is 0 Å². The summed E-state index contributed by atoms with van der Waals surface area (Å²) in [5, 5.41) is 0. The molecule has 0 aromatic rings. The van der Waals surface area contributed by atoms with E-state index in [-0.39, 0.29) is 37.2 Å². The van der Waals surface area contributed by atoms with Crippen LogP contribution in [0.3, 0.4) is 0 Å². The lowest BCUT2D eigenvalue weighted by Crippen LogP contribution is -2.76. The van der Waals surface area contributed by atoms with Gasteiger partial charge in [-0.05, 0) is 0 Å². The van der Waals surface area contributed by atoms with Crippen LogP contribution < -0.4 is 0 Å². The Morgan fingerprint density at radius 2 is 0.471 bits per heavy atom. The molecule has 0 N–H and O–H groups in total. The lowest BCUT2D eigenvalue weighted by atomic mass is 9.87. The fourth-order valence-electron chi connectivity index (χ4n) is 1.51. The Balaban J connectivity index is -0.00000150. The first-order valence-electron chi connectivity index (χ1n) is 6.32. The number of halogens is 24. The molecule has 0 unspecified atom stereocenters.